The molecule has 1 amide bonds. The summed E-state index contributed by atoms with van der Waals surface area (Å²) in [6, 6.07) is 10.1. The minimum atomic E-state index is -0.0613. The molecule has 5 aromatic rings. The number of nitrogen functional groups attached to an aromatic ring is 1. The molecule has 0 aliphatic rings. The Bertz CT molecular complexity index is 1580. The Hall–Kier alpha value is -4.80. The van der Waals surface area contributed by atoms with Gasteiger partial charge in [0, 0.05) is 38.7 Å². The summed E-state index contributed by atoms with van der Waals surface area (Å²) in [5.74, 6) is 1.18. The van der Waals surface area contributed by atoms with Gasteiger partial charge in [0.15, 0.2) is 5.65 Å². The van der Waals surface area contributed by atoms with E-state index in [1.807, 2.05) is 30.8 Å². The van der Waals surface area contributed by atoms with E-state index < -0.39 is 0 Å². The maximum Gasteiger partial charge on any atom is 0.256 e. The lowest BCUT2D eigenvalue weighted by molar-refractivity contribution is 0.0827. The number of hydrogen-bond donors (Lipinski definition) is 2. The molecule has 0 bridgehead atoms. The van der Waals surface area contributed by atoms with E-state index in [0.717, 1.165) is 39.2 Å². The van der Waals surface area contributed by atoms with Crippen LogP contribution in [0.4, 0.5) is 11.6 Å². The molecule has 0 fully saturated rings. The zero-order valence-corrected chi connectivity index (χ0v) is 21.9. The molecule has 194 valence electrons. The molecule has 0 saturated carbocycles. The molecule has 11 heteroatoms. The van der Waals surface area contributed by atoms with E-state index in [9.17, 15) is 4.79 Å². The second kappa shape index (κ2) is 10.3. The molecule has 11 nitrogen and oxygen atoms in total. The Morgan fingerprint density at radius 1 is 1.03 bits per heavy atom. The van der Waals surface area contributed by atoms with E-state index in [1.54, 1.807) is 36.1 Å². The van der Waals surface area contributed by atoms with Gasteiger partial charge in [0.25, 0.3) is 5.91 Å². The van der Waals surface area contributed by atoms with E-state index in [1.165, 1.54) is 6.33 Å². The van der Waals surface area contributed by atoms with Gasteiger partial charge in [-0.3, -0.25) is 14.2 Å². The fourth-order valence-corrected chi connectivity index (χ4v) is 4.38. The predicted molar refractivity (Wildman–Crippen MR) is 146 cm³/mol. The van der Waals surface area contributed by atoms with Crippen LogP contribution in [0.15, 0.2) is 55.2 Å². The van der Waals surface area contributed by atoms with E-state index >= 15 is 0 Å². The van der Waals surface area contributed by atoms with Crippen molar-refractivity contribution in [1.29, 1.82) is 0 Å². The molecule has 5 rings (SSSR count). The highest BCUT2D eigenvalue weighted by atomic mass is 16.2. The third kappa shape index (κ3) is 5.31. The summed E-state index contributed by atoms with van der Waals surface area (Å²) < 4.78 is 3.63. The first-order chi connectivity index (χ1) is 18.3. The first-order valence-corrected chi connectivity index (χ1v) is 12.2. The third-order valence-electron chi connectivity index (χ3n) is 6.37. The highest BCUT2D eigenvalue weighted by Gasteiger charge is 2.12. The molecule has 0 radical (unpaired) electrons. The normalized spacial score (nSPS) is 11.2. The van der Waals surface area contributed by atoms with Crippen LogP contribution in [0.1, 0.15) is 38.3 Å². The van der Waals surface area contributed by atoms with Crippen molar-refractivity contribution in [2.75, 3.05) is 25.1 Å². The van der Waals surface area contributed by atoms with Crippen molar-refractivity contribution in [1.82, 2.24) is 39.4 Å². The number of aromatic nitrogens is 7. The van der Waals surface area contributed by atoms with Gasteiger partial charge in [0.05, 0.1) is 30.2 Å². The van der Waals surface area contributed by atoms with Crippen LogP contribution in [-0.2, 0) is 19.6 Å². The van der Waals surface area contributed by atoms with Gasteiger partial charge in [0.1, 0.15) is 18.0 Å². The maximum absolute atomic E-state index is 12.1. The van der Waals surface area contributed by atoms with Gasteiger partial charge in [-0.25, -0.2) is 15.0 Å². The minimum Gasteiger partial charge on any atom is -0.384 e. The summed E-state index contributed by atoms with van der Waals surface area (Å²) in [5, 5.41) is 13.2. The topological polar surface area (TPSA) is 133 Å². The van der Waals surface area contributed by atoms with Gasteiger partial charge in [0.2, 0.25) is 0 Å². The van der Waals surface area contributed by atoms with Crippen molar-refractivity contribution in [3.63, 3.8) is 0 Å². The number of rotatable bonds is 8. The molecule has 38 heavy (non-hydrogen) atoms. The first-order valence-electron chi connectivity index (χ1n) is 12.2. The van der Waals surface area contributed by atoms with E-state index in [2.05, 4.69) is 54.7 Å². The quantitative estimate of drug-likeness (QED) is 0.326. The molecule has 4 heterocycles. The van der Waals surface area contributed by atoms with Crippen LogP contribution >= 0.6 is 0 Å². The summed E-state index contributed by atoms with van der Waals surface area (Å²) in [4.78, 5) is 26.8. The van der Waals surface area contributed by atoms with E-state index in [-0.39, 0.29) is 5.91 Å². The minimum absolute atomic E-state index is 0.0613. The number of amides is 1. The van der Waals surface area contributed by atoms with Crippen molar-refractivity contribution >= 4 is 28.6 Å². The molecular formula is C27H30N10O. The zero-order chi connectivity index (χ0) is 26.8. The zero-order valence-electron chi connectivity index (χ0n) is 21.9. The van der Waals surface area contributed by atoms with Crippen LogP contribution in [0, 0.1) is 13.8 Å². The number of nitrogens with two attached hydrogens (primary N) is 1. The Labute approximate surface area is 220 Å². The number of anilines is 2. The molecule has 0 spiro atoms. The Kier molecular flexibility index (Phi) is 6.73. The molecule has 0 saturated heterocycles. The Morgan fingerprint density at radius 2 is 1.74 bits per heavy atom. The van der Waals surface area contributed by atoms with Crippen LogP contribution in [0.2, 0.25) is 0 Å². The van der Waals surface area contributed by atoms with Crippen molar-refractivity contribution in [2.45, 2.75) is 33.5 Å². The monoisotopic (exact) mass is 510 g/mol. The number of aryl methyl sites for hydroxylation is 2. The third-order valence-corrected chi connectivity index (χ3v) is 6.37. The Balaban J connectivity index is 1.26. The summed E-state index contributed by atoms with van der Waals surface area (Å²) in [6.45, 7) is 5.74. The number of nitrogens with zero attached hydrogens (tertiary/aromatic N) is 8. The van der Waals surface area contributed by atoms with Crippen LogP contribution < -0.4 is 11.1 Å². The fourth-order valence-electron chi connectivity index (χ4n) is 4.38. The first kappa shape index (κ1) is 24.9. The van der Waals surface area contributed by atoms with Gasteiger partial charge >= 0.3 is 0 Å². The second-order valence-corrected chi connectivity index (χ2v) is 9.51. The van der Waals surface area contributed by atoms with Crippen LogP contribution in [0.5, 0.6) is 0 Å². The number of nitrogens with one attached hydrogen (secondary N) is 1. The summed E-state index contributed by atoms with van der Waals surface area (Å²) >= 11 is 0. The fraction of sp³-hybridized carbons (Fsp3) is 0.259. The summed E-state index contributed by atoms with van der Waals surface area (Å²) in [5.41, 5.74) is 12.3. The number of fused-ring (bicyclic) bond motifs is 1. The molecule has 4 aromatic heterocycles. The standard InChI is InChI=1S/C27H30N10O/c1-17-9-24(28)33-18(2)22(17)11-29-25-23-15-37(34-26(23)31-16-30-25)13-20-7-5-19(6-8-20)12-36-14-21(10-32-36)27(38)35(3)4/h5-10,14-16H,11-13H2,1-4H3,(H2,28,33)(H,29,30,31,34). The lowest BCUT2D eigenvalue weighted by Crippen LogP contribution is -2.21. The van der Waals surface area contributed by atoms with Crippen molar-refractivity contribution < 1.29 is 4.79 Å². The highest BCUT2D eigenvalue weighted by Crippen LogP contribution is 2.21. The second-order valence-electron chi connectivity index (χ2n) is 9.51. The van der Waals surface area contributed by atoms with Gasteiger partial charge < -0.3 is 16.0 Å². The van der Waals surface area contributed by atoms with E-state index in [0.29, 0.717) is 36.7 Å². The van der Waals surface area contributed by atoms with Gasteiger partial charge in [-0.15, -0.1) is 0 Å². The summed E-state index contributed by atoms with van der Waals surface area (Å²) in [7, 11) is 3.46. The number of carbonyl (C=O) groups is 1. The predicted octanol–water partition coefficient (Wildman–Crippen LogP) is 3.03. The molecule has 3 N–H and O–H groups in total. The number of benzene rings is 1. The lowest BCUT2D eigenvalue weighted by Gasteiger charge is -2.12. The number of hydrogen-bond acceptors (Lipinski definition) is 8. The van der Waals surface area contributed by atoms with Crippen molar-refractivity contribution in [3.05, 3.63) is 88.8 Å². The molecule has 0 aliphatic heterocycles. The molecular weight excluding hydrogens is 480 g/mol. The number of pyridine rings is 1. The van der Waals surface area contributed by atoms with Crippen LogP contribution in [0.25, 0.3) is 11.0 Å². The van der Waals surface area contributed by atoms with Crippen molar-refractivity contribution in [3.8, 4) is 0 Å². The maximum atomic E-state index is 12.1. The smallest absolute Gasteiger partial charge is 0.256 e. The van der Waals surface area contributed by atoms with E-state index in [4.69, 9.17) is 5.73 Å². The molecule has 0 aliphatic carbocycles. The molecule has 0 atom stereocenters. The van der Waals surface area contributed by atoms with Gasteiger partial charge in [-0.1, -0.05) is 24.3 Å². The lowest BCUT2D eigenvalue weighted by atomic mass is 10.1. The highest BCUT2D eigenvalue weighted by molar-refractivity contribution is 5.93. The molecule has 1 aromatic carbocycles. The van der Waals surface area contributed by atoms with Crippen LogP contribution in [0.3, 0.4) is 0 Å². The SMILES string of the molecule is Cc1cc(N)nc(C)c1CNc1ncnc2nn(Cc3ccc(Cn4cc(C(=O)N(C)C)cn4)cc3)cc12. The van der Waals surface area contributed by atoms with Gasteiger partial charge in [-0.05, 0) is 42.2 Å². The Morgan fingerprint density at radius 3 is 2.42 bits per heavy atom. The number of carbonyl (C=O) groups excluding carboxylic acids is 1. The van der Waals surface area contributed by atoms with Crippen molar-refractivity contribution in [2.24, 2.45) is 0 Å². The average molecular weight is 511 g/mol. The van der Waals surface area contributed by atoms with Crippen LogP contribution in [-0.4, -0.2) is 59.4 Å². The summed E-state index contributed by atoms with van der Waals surface area (Å²) in [6.07, 6.45) is 6.84. The van der Waals surface area contributed by atoms with Gasteiger partial charge in [-0.2, -0.15) is 10.2 Å². The molecule has 0 unspecified atom stereocenters. The largest absolute Gasteiger partial charge is 0.384 e. The average Bonchev–Trinajstić information content (AvgIpc) is 3.51.